The van der Waals surface area contributed by atoms with Gasteiger partial charge in [0.15, 0.2) is 0 Å². The first-order chi connectivity index (χ1) is 8.26. The Kier molecular flexibility index (Phi) is 6.19. The molecule has 90 valence electrons. The maximum Gasteiger partial charge on any atom is 0.224 e. The predicted molar refractivity (Wildman–Crippen MR) is 70.9 cm³/mol. The molecule has 17 heavy (non-hydrogen) atoms. The standard InChI is InChI=1S/C13H16N2OS/c1-2-3-7-13(16)15-11-5-4-6-12(10-11)17-9-8-14/h4-6,10H,2-3,7,9H2,1H3,(H,15,16). The van der Waals surface area contributed by atoms with Crippen molar-refractivity contribution in [3.8, 4) is 6.07 Å². The third-order valence-electron chi connectivity index (χ3n) is 2.18. The molecular weight excluding hydrogens is 232 g/mol. The fraction of sp³-hybridized carbons (Fsp3) is 0.385. The molecule has 1 aromatic carbocycles. The number of hydrogen-bond acceptors (Lipinski definition) is 3. The van der Waals surface area contributed by atoms with Crippen LogP contribution in [0.25, 0.3) is 0 Å². The molecular formula is C13H16N2OS. The molecule has 0 bridgehead atoms. The molecule has 4 heteroatoms. The SMILES string of the molecule is CCCCC(=O)Nc1cccc(SCC#N)c1. The van der Waals surface area contributed by atoms with Gasteiger partial charge >= 0.3 is 0 Å². The first kappa shape index (κ1) is 13.6. The number of carbonyl (C=O) groups excluding carboxylic acids is 1. The van der Waals surface area contributed by atoms with Crippen molar-refractivity contribution in [1.82, 2.24) is 0 Å². The number of nitrogens with zero attached hydrogens (tertiary/aromatic N) is 1. The molecule has 0 atom stereocenters. The number of rotatable bonds is 6. The molecule has 0 unspecified atom stereocenters. The molecule has 0 saturated heterocycles. The zero-order valence-corrected chi connectivity index (χ0v) is 10.7. The number of benzene rings is 1. The highest BCUT2D eigenvalue weighted by Crippen LogP contribution is 2.21. The Morgan fingerprint density at radius 2 is 2.35 bits per heavy atom. The lowest BCUT2D eigenvalue weighted by atomic mass is 10.2. The third kappa shape index (κ3) is 5.41. The van der Waals surface area contributed by atoms with E-state index in [0.29, 0.717) is 12.2 Å². The minimum absolute atomic E-state index is 0.0503. The zero-order chi connectivity index (χ0) is 12.5. The highest BCUT2D eigenvalue weighted by atomic mass is 32.2. The van der Waals surface area contributed by atoms with E-state index in [1.54, 1.807) is 0 Å². The summed E-state index contributed by atoms with van der Waals surface area (Å²) in [5.74, 6) is 0.474. The van der Waals surface area contributed by atoms with E-state index in [0.717, 1.165) is 23.4 Å². The number of nitrogens with one attached hydrogen (secondary N) is 1. The number of nitriles is 1. The van der Waals surface area contributed by atoms with Gasteiger partial charge in [-0.2, -0.15) is 5.26 Å². The van der Waals surface area contributed by atoms with Crippen LogP contribution < -0.4 is 5.32 Å². The van der Waals surface area contributed by atoms with E-state index in [9.17, 15) is 4.79 Å². The van der Waals surface area contributed by atoms with E-state index in [1.807, 2.05) is 24.3 Å². The van der Waals surface area contributed by atoms with Crippen LogP contribution in [-0.4, -0.2) is 11.7 Å². The second kappa shape index (κ2) is 7.75. The molecule has 0 fully saturated rings. The summed E-state index contributed by atoms with van der Waals surface area (Å²) < 4.78 is 0. The molecule has 0 aliphatic rings. The molecule has 0 aliphatic heterocycles. The monoisotopic (exact) mass is 248 g/mol. The average Bonchev–Trinajstić information content (AvgIpc) is 2.34. The average molecular weight is 248 g/mol. The Morgan fingerprint density at radius 3 is 3.06 bits per heavy atom. The van der Waals surface area contributed by atoms with Crippen molar-refractivity contribution in [3.05, 3.63) is 24.3 Å². The van der Waals surface area contributed by atoms with Crippen molar-refractivity contribution < 1.29 is 4.79 Å². The van der Waals surface area contributed by atoms with Gasteiger partial charge < -0.3 is 5.32 Å². The van der Waals surface area contributed by atoms with E-state index < -0.39 is 0 Å². The van der Waals surface area contributed by atoms with Gasteiger partial charge in [0, 0.05) is 17.0 Å². The first-order valence-corrected chi connectivity index (χ1v) is 6.64. The van der Waals surface area contributed by atoms with Gasteiger partial charge in [-0.3, -0.25) is 4.79 Å². The van der Waals surface area contributed by atoms with Gasteiger partial charge in [-0.1, -0.05) is 19.4 Å². The van der Waals surface area contributed by atoms with Crippen molar-refractivity contribution in [1.29, 1.82) is 5.26 Å². The first-order valence-electron chi connectivity index (χ1n) is 5.66. The summed E-state index contributed by atoms with van der Waals surface area (Å²) in [5, 5.41) is 11.4. The van der Waals surface area contributed by atoms with Crippen molar-refractivity contribution >= 4 is 23.4 Å². The second-order valence-corrected chi connectivity index (χ2v) is 4.68. The van der Waals surface area contributed by atoms with E-state index in [2.05, 4.69) is 18.3 Å². The maximum absolute atomic E-state index is 11.5. The lowest BCUT2D eigenvalue weighted by Gasteiger charge is -2.06. The van der Waals surface area contributed by atoms with E-state index in [4.69, 9.17) is 5.26 Å². The van der Waals surface area contributed by atoms with E-state index in [-0.39, 0.29) is 5.91 Å². The summed E-state index contributed by atoms with van der Waals surface area (Å²) in [7, 11) is 0. The van der Waals surface area contributed by atoms with Crippen molar-refractivity contribution in [2.24, 2.45) is 0 Å². The van der Waals surface area contributed by atoms with Crippen molar-refractivity contribution in [2.45, 2.75) is 31.1 Å². The van der Waals surface area contributed by atoms with Gasteiger partial charge in [-0.05, 0) is 24.6 Å². The minimum Gasteiger partial charge on any atom is -0.326 e. The predicted octanol–water partition coefficient (Wildman–Crippen LogP) is 3.43. The van der Waals surface area contributed by atoms with Gasteiger partial charge in [-0.25, -0.2) is 0 Å². The molecule has 1 amide bonds. The molecule has 1 rings (SSSR count). The molecule has 1 N–H and O–H groups in total. The van der Waals surface area contributed by atoms with Crippen LogP contribution in [0.2, 0.25) is 0 Å². The largest absolute Gasteiger partial charge is 0.326 e. The summed E-state index contributed by atoms with van der Waals surface area (Å²) in [6.45, 7) is 2.06. The Hall–Kier alpha value is -1.47. The van der Waals surface area contributed by atoms with Crippen LogP contribution in [-0.2, 0) is 4.79 Å². The molecule has 0 aliphatic carbocycles. The van der Waals surface area contributed by atoms with Gasteiger partial charge in [0.25, 0.3) is 0 Å². The molecule has 1 aromatic rings. The summed E-state index contributed by atoms with van der Waals surface area (Å²) in [4.78, 5) is 12.5. The smallest absolute Gasteiger partial charge is 0.224 e. The van der Waals surface area contributed by atoms with Gasteiger partial charge in [0.05, 0.1) is 11.8 Å². The fourth-order valence-electron chi connectivity index (χ4n) is 1.34. The van der Waals surface area contributed by atoms with Crippen LogP contribution in [0.5, 0.6) is 0 Å². The summed E-state index contributed by atoms with van der Waals surface area (Å²) >= 11 is 1.47. The summed E-state index contributed by atoms with van der Waals surface area (Å²) in [6, 6.07) is 9.65. The van der Waals surface area contributed by atoms with Crippen LogP contribution in [0, 0.1) is 11.3 Å². The van der Waals surface area contributed by atoms with E-state index in [1.165, 1.54) is 11.8 Å². The lowest BCUT2D eigenvalue weighted by Crippen LogP contribution is -2.10. The van der Waals surface area contributed by atoms with Gasteiger partial charge in [0.2, 0.25) is 5.91 Å². The number of anilines is 1. The topological polar surface area (TPSA) is 52.9 Å². The summed E-state index contributed by atoms with van der Waals surface area (Å²) in [6.07, 6.45) is 2.49. The second-order valence-electron chi connectivity index (χ2n) is 3.63. The molecule has 0 saturated carbocycles. The van der Waals surface area contributed by atoms with Crippen LogP contribution in [0.3, 0.4) is 0 Å². The Balaban J connectivity index is 2.53. The highest BCUT2D eigenvalue weighted by Gasteiger charge is 2.02. The number of carbonyl (C=O) groups is 1. The number of hydrogen-bond donors (Lipinski definition) is 1. The fourth-order valence-corrected chi connectivity index (χ4v) is 1.96. The maximum atomic E-state index is 11.5. The normalized spacial score (nSPS) is 9.65. The Labute approximate surface area is 106 Å². The molecule has 3 nitrogen and oxygen atoms in total. The Morgan fingerprint density at radius 1 is 1.53 bits per heavy atom. The molecule has 0 radical (unpaired) electrons. The quantitative estimate of drug-likeness (QED) is 0.785. The van der Waals surface area contributed by atoms with Gasteiger partial charge in [0.1, 0.15) is 0 Å². The van der Waals surface area contributed by atoms with Crippen LogP contribution >= 0.6 is 11.8 Å². The summed E-state index contributed by atoms with van der Waals surface area (Å²) in [5.41, 5.74) is 0.800. The molecule has 0 aromatic heterocycles. The third-order valence-corrected chi connectivity index (χ3v) is 3.04. The zero-order valence-electron chi connectivity index (χ0n) is 9.90. The number of amides is 1. The van der Waals surface area contributed by atoms with Gasteiger partial charge in [-0.15, -0.1) is 11.8 Å². The lowest BCUT2D eigenvalue weighted by molar-refractivity contribution is -0.116. The highest BCUT2D eigenvalue weighted by molar-refractivity contribution is 7.99. The van der Waals surface area contributed by atoms with Crippen molar-refractivity contribution in [2.75, 3.05) is 11.1 Å². The van der Waals surface area contributed by atoms with Crippen LogP contribution in [0.4, 0.5) is 5.69 Å². The Bertz CT molecular complexity index is 412. The van der Waals surface area contributed by atoms with Crippen LogP contribution in [0.1, 0.15) is 26.2 Å². The molecule has 0 heterocycles. The van der Waals surface area contributed by atoms with Crippen LogP contribution in [0.15, 0.2) is 29.2 Å². The number of unbranched alkanes of at least 4 members (excludes halogenated alkanes) is 1. The number of thioether (sulfide) groups is 1. The minimum atomic E-state index is 0.0503. The van der Waals surface area contributed by atoms with Crippen molar-refractivity contribution in [3.63, 3.8) is 0 Å². The van der Waals surface area contributed by atoms with E-state index >= 15 is 0 Å². The molecule has 0 spiro atoms.